The number of benzene rings is 2. The number of thioether (sulfide) groups is 1. The molecular weight excluding hydrogens is 352 g/mol. The summed E-state index contributed by atoms with van der Waals surface area (Å²) in [5.74, 6) is 3.45. The lowest BCUT2D eigenvalue weighted by Gasteiger charge is -2.43. The molecule has 1 spiro atoms. The van der Waals surface area contributed by atoms with E-state index in [-0.39, 0.29) is 5.54 Å². The monoisotopic (exact) mass is 380 g/mol. The van der Waals surface area contributed by atoms with Crippen molar-refractivity contribution in [2.24, 2.45) is 4.99 Å². The predicted octanol–water partition coefficient (Wildman–Crippen LogP) is 4.45. The molecule has 2 heterocycles. The Kier molecular flexibility index (Phi) is 5.41. The van der Waals surface area contributed by atoms with Gasteiger partial charge in [-0.25, -0.2) is 0 Å². The standard InChI is InChI=1S/C22H28N4S/c1-26(2)16-18-8-4-3-7-17(18)15-23-21-22(11-13-27-14-12-22)25-20-10-6-5-9-19(20)24-21/h3-10,25H,11-16H2,1-2H3,(H,23,24). The second kappa shape index (κ2) is 7.95. The Labute approximate surface area is 166 Å². The third-order valence-corrected chi connectivity index (χ3v) is 6.35. The minimum Gasteiger partial charge on any atom is -0.371 e. The Morgan fingerprint density at radius 2 is 1.63 bits per heavy atom. The molecule has 0 saturated carbocycles. The molecule has 0 aromatic heterocycles. The number of amidine groups is 1. The van der Waals surface area contributed by atoms with Gasteiger partial charge < -0.3 is 15.5 Å². The maximum Gasteiger partial charge on any atom is 0.127 e. The van der Waals surface area contributed by atoms with Crippen molar-refractivity contribution in [3.8, 4) is 0 Å². The molecule has 2 aliphatic heterocycles. The molecule has 2 N–H and O–H groups in total. The maximum absolute atomic E-state index is 5.11. The molecule has 0 amide bonds. The number of hydrogen-bond donors (Lipinski definition) is 2. The molecule has 1 fully saturated rings. The van der Waals surface area contributed by atoms with Crippen molar-refractivity contribution < 1.29 is 0 Å². The molecule has 0 unspecified atom stereocenters. The molecule has 2 aliphatic rings. The van der Waals surface area contributed by atoms with Crippen LogP contribution in [0.5, 0.6) is 0 Å². The van der Waals surface area contributed by atoms with Crippen molar-refractivity contribution >= 4 is 29.0 Å². The number of anilines is 2. The van der Waals surface area contributed by atoms with Crippen molar-refractivity contribution in [1.82, 2.24) is 4.90 Å². The van der Waals surface area contributed by atoms with E-state index in [1.165, 1.54) is 28.3 Å². The van der Waals surface area contributed by atoms with Gasteiger partial charge in [0.05, 0.1) is 23.5 Å². The van der Waals surface area contributed by atoms with E-state index in [1.54, 1.807) is 0 Å². The fourth-order valence-electron chi connectivity index (χ4n) is 3.91. The summed E-state index contributed by atoms with van der Waals surface area (Å²) < 4.78 is 0. The van der Waals surface area contributed by atoms with E-state index in [0.717, 1.165) is 30.9 Å². The van der Waals surface area contributed by atoms with Gasteiger partial charge in [-0.3, -0.25) is 4.99 Å². The van der Waals surface area contributed by atoms with E-state index in [0.29, 0.717) is 6.54 Å². The van der Waals surface area contributed by atoms with Gasteiger partial charge in [-0.05, 0) is 61.7 Å². The summed E-state index contributed by atoms with van der Waals surface area (Å²) in [6, 6.07) is 17.1. The van der Waals surface area contributed by atoms with Crippen LogP contribution in [0, 0.1) is 0 Å². The number of nitrogens with one attached hydrogen (secondary N) is 2. The summed E-state index contributed by atoms with van der Waals surface area (Å²) in [4.78, 5) is 7.32. The molecule has 0 bridgehead atoms. The lowest BCUT2D eigenvalue weighted by Crippen LogP contribution is -2.54. The number of hydrogen-bond acceptors (Lipinski definition) is 4. The molecule has 0 atom stereocenters. The van der Waals surface area contributed by atoms with E-state index < -0.39 is 0 Å². The Balaban J connectivity index is 1.64. The highest BCUT2D eigenvalue weighted by atomic mass is 32.2. The van der Waals surface area contributed by atoms with Crippen LogP contribution in [0.15, 0.2) is 53.5 Å². The molecule has 2 aromatic rings. The third-order valence-electron chi connectivity index (χ3n) is 5.37. The summed E-state index contributed by atoms with van der Waals surface area (Å²) >= 11 is 2.04. The Bertz CT molecular complexity index is 825. The molecule has 27 heavy (non-hydrogen) atoms. The lowest BCUT2D eigenvalue weighted by molar-refractivity contribution is 0.401. The van der Waals surface area contributed by atoms with Crippen molar-refractivity contribution in [2.75, 3.05) is 36.2 Å². The highest BCUT2D eigenvalue weighted by molar-refractivity contribution is 7.99. The summed E-state index contributed by atoms with van der Waals surface area (Å²) in [6.45, 7) is 1.66. The number of fused-ring (bicyclic) bond motifs is 1. The van der Waals surface area contributed by atoms with E-state index >= 15 is 0 Å². The summed E-state index contributed by atoms with van der Waals surface area (Å²) in [5, 5.41) is 7.49. The van der Waals surface area contributed by atoms with Crippen LogP contribution in [0.25, 0.3) is 0 Å². The molecule has 0 radical (unpaired) electrons. The van der Waals surface area contributed by atoms with Gasteiger partial charge in [-0.1, -0.05) is 36.4 Å². The topological polar surface area (TPSA) is 39.7 Å². The average molecular weight is 381 g/mol. The van der Waals surface area contributed by atoms with Crippen LogP contribution in [0.2, 0.25) is 0 Å². The number of aliphatic imine (C=N–C) groups is 1. The molecule has 142 valence electrons. The zero-order chi connectivity index (χ0) is 18.7. The van der Waals surface area contributed by atoms with Crippen molar-refractivity contribution in [3.63, 3.8) is 0 Å². The minimum absolute atomic E-state index is 0.0594. The van der Waals surface area contributed by atoms with Crippen LogP contribution < -0.4 is 10.6 Å². The van der Waals surface area contributed by atoms with Gasteiger partial charge in [0, 0.05) is 6.54 Å². The van der Waals surface area contributed by atoms with Crippen LogP contribution in [-0.2, 0) is 13.1 Å². The average Bonchev–Trinajstić information content (AvgIpc) is 2.67. The normalized spacial score (nSPS) is 19.6. The number of rotatable bonds is 4. The van der Waals surface area contributed by atoms with Crippen LogP contribution >= 0.6 is 11.8 Å². The summed E-state index contributed by atoms with van der Waals surface area (Å²) in [7, 11) is 4.22. The van der Waals surface area contributed by atoms with Gasteiger partial charge in [-0.2, -0.15) is 11.8 Å². The highest BCUT2D eigenvalue weighted by Gasteiger charge is 2.40. The van der Waals surface area contributed by atoms with Crippen LogP contribution in [-0.4, -0.2) is 41.9 Å². The zero-order valence-electron chi connectivity index (χ0n) is 16.2. The second-order valence-corrected chi connectivity index (χ2v) is 8.89. The van der Waals surface area contributed by atoms with E-state index in [2.05, 4.69) is 78.2 Å². The largest absolute Gasteiger partial charge is 0.371 e. The molecule has 5 heteroatoms. The van der Waals surface area contributed by atoms with Gasteiger partial charge in [0.1, 0.15) is 5.84 Å². The predicted molar refractivity (Wildman–Crippen MR) is 118 cm³/mol. The van der Waals surface area contributed by atoms with Crippen LogP contribution in [0.4, 0.5) is 11.4 Å². The summed E-state index contributed by atoms with van der Waals surface area (Å²) in [6.07, 6.45) is 2.22. The molecule has 0 aliphatic carbocycles. The molecule has 2 aromatic carbocycles. The maximum atomic E-state index is 5.11. The van der Waals surface area contributed by atoms with E-state index in [1.807, 2.05) is 11.8 Å². The van der Waals surface area contributed by atoms with Gasteiger partial charge >= 0.3 is 0 Å². The van der Waals surface area contributed by atoms with E-state index in [4.69, 9.17) is 4.99 Å². The lowest BCUT2D eigenvalue weighted by atomic mass is 9.87. The van der Waals surface area contributed by atoms with Crippen LogP contribution in [0.3, 0.4) is 0 Å². The fraction of sp³-hybridized carbons (Fsp3) is 0.409. The summed E-state index contributed by atoms with van der Waals surface area (Å²) in [5.41, 5.74) is 4.91. The van der Waals surface area contributed by atoms with Gasteiger partial charge in [0.2, 0.25) is 0 Å². The fourth-order valence-corrected chi connectivity index (χ4v) is 5.10. The Morgan fingerprint density at radius 3 is 2.37 bits per heavy atom. The smallest absolute Gasteiger partial charge is 0.127 e. The molecule has 1 saturated heterocycles. The molecule has 4 rings (SSSR count). The quantitative estimate of drug-likeness (QED) is 0.822. The van der Waals surface area contributed by atoms with Crippen LogP contribution in [0.1, 0.15) is 24.0 Å². The highest BCUT2D eigenvalue weighted by Crippen LogP contribution is 2.38. The first kappa shape index (κ1) is 18.4. The first-order valence-corrected chi connectivity index (χ1v) is 10.8. The number of nitrogens with zero attached hydrogens (tertiary/aromatic N) is 2. The van der Waals surface area contributed by atoms with Crippen molar-refractivity contribution in [3.05, 3.63) is 59.7 Å². The van der Waals surface area contributed by atoms with Gasteiger partial charge in [0.15, 0.2) is 0 Å². The first-order valence-electron chi connectivity index (χ1n) is 9.65. The Morgan fingerprint density at radius 1 is 0.963 bits per heavy atom. The third kappa shape index (κ3) is 3.99. The number of para-hydroxylation sites is 2. The minimum atomic E-state index is -0.0594. The van der Waals surface area contributed by atoms with Crippen molar-refractivity contribution in [1.29, 1.82) is 0 Å². The second-order valence-electron chi connectivity index (χ2n) is 7.66. The SMILES string of the molecule is CN(C)Cc1ccccc1CN=C1Nc2ccccc2NC12CCSCC2. The first-order chi connectivity index (χ1) is 13.2. The van der Waals surface area contributed by atoms with Gasteiger partial charge in [0.25, 0.3) is 0 Å². The van der Waals surface area contributed by atoms with E-state index in [9.17, 15) is 0 Å². The van der Waals surface area contributed by atoms with Gasteiger partial charge in [-0.15, -0.1) is 0 Å². The van der Waals surface area contributed by atoms with Crippen molar-refractivity contribution in [2.45, 2.75) is 31.5 Å². The Hall–Kier alpha value is -1.98. The molecular formula is C22H28N4S. The zero-order valence-corrected chi connectivity index (χ0v) is 17.0. The molecule has 4 nitrogen and oxygen atoms in total.